The molecule has 30 heavy (non-hydrogen) atoms. The average Bonchev–Trinajstić information content (AvgIpc) is 3.31. The first-order chi connectivity index (χ1) is 14.5. The number of fused-ring (bicyclic) bond motifs is 1. The zero-order valence-electron chi connectivity index (χ0n) is 17.5. The minimum absolute atomic E-state index is 0.0622. The van der Waals surface area contributed by atoms with Gasteiger partial charge in [-0.25, -0.2) is 4.98 Å². The van der Waals surface area contributed by atoms with Gasteiger partial charge in [-0.05, 0) is 30.0 Å². The molecule has 4 rings (SSSR count). The van der Waals surface area contributed by atoms with Gasteiger partial charge in [-0.1, -0.05) is 56.3 Å². The zero-order chi connectivity index (χ0) is 21.1. The Bertz CT molecular complexity index is 995. The molecule has 1 aliphatic rings. The number of imidazole rings is 1. The highest BCUT2D eigenvalue weighted by atomic mass is 16.2. The van der Waals surface area contributed by atoms with E-state index >= 15 is 0 Å². The molecule has 0 saturated carbocycles. The summed E-state index contributed by atoms with van der Waals surface area (Å²) in [5.41, 5.74) is 2.94. The summed E-state index contributed by atoms with van der Waals surface area (Å²) in [5.74, 6) is 0.774. The normalized spacial score (nSPS) is 17.6. The Labute approximate surface area is 176 Å². The molecule has 2 aromatic carbocycles. The zero-order valence-corrected chi connectivity index (χ0v) is 17.5. The van der Waals surface area contributed by atoms with E-state index in [1.165, 1.54) is 0 Å². The minimum Gasteiger partial charge on any atom is -0.346 e. The number of H-pyrrole nitrogens is 1. The molecule has 2 atom stereocenters. The molecule has 6 nitrogen and oxygen atoms in total. The highest BCUT2D eigenvalue weighted by Crippen LogP contribution is 2.23. The summed E-state index contributed by atoms with van der Waals surface area (Å²) >= 11 is 0. The van der Waals surface area contributed by atoms with E-state index in [4.69, 9.17) is 4.98 Å². The maximum atomic E-state index is 13.1. The number of benzene rings is 2. The van der Waals surface area contributed by atoms with Crippen molar-refractivity contribution >= 4 is 22.8 Å². The molecule has 0 unspecified atom stereocenters. The van der Waals surface area contributed by atoms with Gasteiger partial charge in [0.15, 0.2) is 0 Å². The van der Waals surface area contributed by atoms with E-state index in [2.05, 4.69) is 24.1 Å². The number of amides is 2. The number of aromatic amines is 1. The lowest BCUT2D eigenvalue weighted by molar-refractivity contribution is -0.129. The third-order valence-corrected chi connectivity index (χ3v) is 5.51. The van der Waals surface area contributed by atoms with Crippen molar-refractivity contribution in [2.75, 3.05) is 13.1 Å². The molecule has 2 N–H and O–H groups in total. The van der Waals surface area contributed by atoms with Gasteiger partial charge in [0, 0.05) is 19.5 Å². The fourth-order valence-electron chi connectivity index (χ4n) is 4.06. The number of rotatable bonds is 7. The van der Waals surface area contributed by atoms with Crippen LogP contribution in [0.25, 0.3) is 11.0 Å². The highest BCUT2D eigenvalue weighted by Gasteiger charge is 2.35. The van der Waals surface area contributed by atoms with Crippen LogP contribution in [0, 0.1) is 11.8 Å². The highest BCUT2D eigenvalue weighted by molar-refractivity contribution is 5.89. The molecule has 0 aliphatic carbocycles. The van der Waals surface area contributed by atoms with Crippen LogP contribution in [-0.2, 0) is 16.0 Å². The maximum Gasteiger partial charge on any atom is 0.226 e. The Balaban J connectivity index is 1.54. The van der Waals surface area contributed by atoms with Crippen molar-refractivity contribution in [1.82, 2.24) is 20.2 Å². The Morgan fingerprint density at radius 3 is 2.63 bits per heavy atom. The second-order valence-corrected chi connectivity index (χ2v) is 8.48. The van der Waals surface area contributed by atoms with Crippen LogP contribution in [0.5, 0.6) is 0 Å². The predicted molar refractivity (Wildman–Crippen MR) is 117 cm³/mol. The Hall–Kier alpha value is -3.15. The Kier molecular flexibility index (Phi) is 5.84. The van der Waals surface area contributed by atoms with Crippen LogP contribution in [0.4, 0.5) is 0 Å². The smallest absolute Gasteiger partial charge is 0.226 e. The second kappa shape index (κ2) is 8.69. The van der Waals surface area contributed by atoms with Gasteiger partial charge in [0.1, 0.15) is 5.82 Å². The van der Waals surface area contributed by atoms with Gasteiger partial charge >= 0.3 is 0 Å². The van der Waals surface area contributed by atoms with Crippen molar-refractivity contribution in [3.05, 3.63) is 66.0 Å². The number of para-hydroxylation sites is 2. The SMILES string of the molecule is CC(C)CN1C[C@H](C(=O)N[C@H](Cc2ccccc2)c2nc3ccccc3[nH]2)CC1=O. The minimum atomic E-state index is -0.320. The number of nitrogens with zero attached hydrogens (tertiary/aromatic N) is 2. The van der Waals surface area contributed by atoms with Crippen molar-refractivity contribution in [2.45, 2.75) is 32.7 Å². The van der Waals surface area contributed by atoms with E-state index in [0.717, 1.165) is 22.4 Å². The fourth-order valence-corrected chi connectivity index (χ4v) is 4.06. The summed E-state index contributed by atoms with van der Waals surface area (Å²) in [5, 5.41) is 3.17. The Morgan fingerprint density at radius 1 is 1.17 bits per heavy atom. The first-order valence-corrected chi connectivity index (χ1v) is 10.6. The van der Waals surface area contributed by atoms with E-state index in [1.807, 2.05) is 59.5 Å². The fraction of sp³-hybridized carbons (Fsp3) is 0.375. The molecular formula is C24H28N4O2. The van der Waals surface area contributed by atoms with Gasteiger partial charge in [-0.15, -0.1) is 0 Å². The van der Waals surface area contributed by atoms with Gasteiger partial charge in [-0.3, -0.25) is 9.59 Å². The van der Waals surface area contributed by atoms with Crippen molar-refractivity contribution in [3.8, 4) is 0 Å². The molecule has 3 aromatic rings. The molecule has 0 radical (unpaired) electrons. The van der Waals surface area contributed by atoms with Crippen LogP contribution in [0.1, 0.15) is 37.7 Å². The molecule has 2 amide bonds. The summed E-state index contributed by atoms with van der Waals surface area (Å²) in [6.07, 6.45) is 0.902. The van der Waals surface area contributed by atoms with Gasteiger partial charge in [0.25, 0.3) is 0 Å². The largest absolute Gasteiger partial charge is 0.346 e. The van der Waals surface area contributed by atoms with Gasteiger partial charge in [-0.2, -0.15) is 0 Å². The molecule has 6 heteroatoms. The van der Waals surface area contributed by atoms with Crippen LogP contribution in [0.2, 0.25) is 0 Å². The van der Waals surface area contributed by atoms with Gasteiger partial charge < -0.3 is 15.2 Å². The first-order valence-electron chi connectivity index (χ1n) is 10.6. The lowest BCUT2D eigenvalue weighted by atomic mass is 10.0. The molecule has 1 saturated heterocycles. The first kappa shape index (κ1) is 20.1. The van der Waals surface area contributed by atoms with Crippen molar-refractivity contribution in [3.63, 3.8) is 0 Å². The quantitative estimate of drug-likeness (QED) is 0.633. The third kappa shape index (κ3) is 4.53. The average molecular weight is 405 g/mol. The number of likely N-dealkylation sites (tertiary alicyclic amines) is 1. The van der Waals surface area contributed by atoms with Crippen LogP contribution in [-0.4, -0.2) is 39.8 Å². The molecule has 0 bridgehead atoms. The number of nitrogens with one attached hydrogen (secondary N) is 2. The molecule has 1 aromatic heterocycles. The van der Waals surface area contributed by atoms with E-state index in [1.54, 1.807) is 0 Å². The number of aromatic nitrogens is 2. The monoisotopic (exact) mass is 404 g/mol. The second-order valence-electron chi connectivity index (χ2n) is 8.48. The van der Waals surface area contributed by atoms with Crippen LogP contribution in [0.15, 0.2) is 54.6 Å². The molecule has 1 aliphatic heterocycles. The summed E-state index contributed by atoms with van der Waals surface area (Å²) in [7, 11) is 0. The lowest BCUT2D eigenvalue weighted by Crippen LogP contribution is -2.37. The number of hydrogen-bond acceptors (Lipinski definition) is 3. The van der Waals surface area contributed by atoms with Crippen molar-refractivity contribution in [1.29, 1.82) is 0 Å². The third-order valence-electron chi connectivity index (χ3n) is 5.51. The van der Waals surface area contributed by atoms with Gasteiger partial charge in [0.05, 0.1) is 23.0 Å². The van der Waals surface area contributed by atoms with Crippen LogP contribution >= 0.6 is 0 Å². The number of carbonyl (C=O) groups is 2. The molecular weight excluding hydrogens is 376 g/mol. The molecule has 1 fully saturated rings. The molecule has 156 valence electrons. The topological polar surface area (TPSA) is 78.1 Å². The van der Waals surface area contributed by atoms with E-state index < -0.39 is 0 Å². The lowest BCUT2D eigenvalue weighted by Gasteiger charge is -2.21. The summed E-state index contributed by atoms with van der Waals surface area (Å²) in [4.78, 5) is 35.3. The number of hydrogen-bond donors (Lipinski definition) is 2. The summed E-state index contributed by atoms with van der Waals surface area (Å²) in [6.45, 7) is 5.34. The van der Waals surface area contributed by atoms with Crippen molar-refractivity contribution in [2.24, 2.45) is 11.8 Å². The van der Waals surface area contributed by atoms with Crippen molar-refractivity contribution < 1.29 is 9.59 Å². The standard InChI is InChI=1S/C24H28N4O2/c1-16(2)14-28-15-18(13-22(28)29)24(30)27-21(12-17-8-4-3-5-9-17)23-25-19-10-6-7-11-20(19)26-23/h3-11,16,18,21H,12-15H2,1-2H3,(H,25,26)(H,27,30)/t18-,21-/m1/s1. The Morgan fingerprint density at radius 2 is 1.90 bits per heavy atom. The number of carbonyl (C=O) groups excluding carboxylic acids is 2. The van der Waals surface area contributed by atoms with E-state index in [0.29, 0.717) is 25.4 Å². The van der Waals surface area contributed by atoms with Crippen LogP contribution in [0.3, 0.4) is 0 Å². The van der Waals surface area contributed by atoms with E-state index in [9.17, 15) is 9.59 Å². The summed E-state index contributed by atoms with van der Waals surface area (Å²) in [6, 6.07) is 17.6. The molecule has 0 spiro atoms. The summed E-state index contributed by atoms with van der Waals surface area (Å²) < 4.78 is 0. The van der Waals surface area contributed by atoms with Gasteiger partial charge in [0.2, 0.25) is 11.8 Å². The van der Waals surface area contributed by atoms with E-state index in [-0.39, 0.29) is 30.2 Å². The predicted octanol–water partition coefficient (Wildman–Crippen LogP) is 3.47. The maximum absolute atomic E-state index is 13.1. The van der Waals surface area contributed by atoms with Crippen LogP contribution < -0.4 is 5.32 Å². The molecule has 2 heterocycles.